The van der Waals surface area contributed by atoms with Crippen LogP contribution in [0.15, 0.2) is 35.5 Å². The lowest BCUT2D eigenvalue weighted by Crippen LogP contribution is -2.41. The van der Waals surface area contributed by atoms with Gasteiger partial charge in [0, 0.05) is 18.8 Å². The van der Waals surface area contributed by atoms with Crippen LogP contribution >= 0.6 is 0 Å². The van der Waals surface area contributed by atoms with Gasteiger partial charge in [0.15, 0.2) is 0 Å². The molecule has 8 heteroatoms. The molecule has 1 aromatic carbocycles. The van der Waals surface area contributed by atoms with E-state index in [9.17, 15) is 17.9 Å². The highest BCUT2D eigenvalue weighted by Crippen LogP contribution is 2.39. The summed E-state index contributed by atoms with van der Waals surface area (Å²) in [5.41, 5.74) is 1.20. The summed E-state index contributed by atoms with van der Waals surface area (Å²) in [6.07, 6.45) is 3.98. The predicted molar refractivity (Wildman–Crippen MR) is 86.1 cm³/mol. The van der Waals surface area contributed by atoms with Gasteiger partial charge in [0.25, 0.3) is 0 Å². The molecule has 1 atom stereocenters. The molecule has 0 spiro atoms. The van der Waals surface area contributed by atoms with Crippen LogP contribution in [0.4, 0.5) is 4.39 Å². The van der Waals surface area contributed by atoms with Crippen molar-refractivity contribution in [1.29, 1.82) is 0 Å². The van der Waals surface area contributed by atoms with Crippen LogP contribution in [0, 0.1) is 18.7 Å². The molecule has 2 aromatic rings. The van der Waals surface area contributed by atoms with Crippen LogP contribution < -0.4 is 4.72 Å². The van der Waals surface area contributed by atoms with Gasteiger partial charge in [0.2, 0.25) is 10.0 Å². The Hall–Kier alpha value is -1.77. The molecular weight excluding hydrogens is 333 g/mol. The number of benzene rings is 1. The summed E-state index contributed by atoms with van der Waals surface area (Å²) in [7, 11) is -2.15. The second-order valence-corrected chi connectivity index (χ2v) is 8.02. The third kappa shape index (κ3) is 3.35. The van der Waals surface area contributed by atoms with E-state index in [1.807, 2.05) is 0 Å². The van der Waals surface area contributed by atoms with Crippen LogP contribution in [-0.4, -0.2) is 29.4 Å². The van der Waals surface area contributed by atoms with Gasteiger partial charge in [0.1, 0.15) is 5.82 Å². The number of aliphatic hydroxyl groups is 1. The largest absolute Gasteiger partial charge is 0.393 e. The zero-order valence-electron chi connectivity index (χ0n) is 13.5. The highest BCUT2D eigenvalue weighted by atomic mass is 32.2. The zero-order valence-corrected chi connectivity index (χ0v) is 14.3. The fourth-order valence-corrected chi connectivity index (χ4v) is 4.58. The normalized spacial score (nSPS) is 22.2. The van der Waals surface area contributed by atoms with Gasteiger partial charge in [-0.15, -0.1) is 0 Å². The summed E-state index contributed by atoms with van der Waals surface area (Å²) in [5, 5.41) is 13.7. The van der Waals surface area contributed by atoms with Crippen molar-refractivity contribution < 1.29 is 17.9 Å². The molecular formula is C16H20FN3O3S. The van der Waals surface area contributed by atoms with E-state index in [0.29, 0.717) is 18.4 Å². The van der Waals surface area contributed by atoms with Gasteiger partial charge in [-0.3, -0.25) is 4.68 Å². The maximum absolute atomic E-state index is 13.5. The number of nitrogens with zero attached hydrogens (tertiary/aromatic N) is 2. The van der Waals surface area contributed by atoms with E-state index in [-0.39, 0.29) is 10.8 Å². The van der Waals surface area contributed by atoms with Crippen molar-refractivity contribution in [1.82, 2.24) is 14.5 Å². The first kappa shape index (κ1) is 17.1. The lowest BCUT2D eigenvalue weighted by molar-refractivity contribution is 0.0280. The van der Waals surface area contributed by atoms with Gasteiger partial charge in [-0.1, -0.05) is 6.07 Å². The van der Waals surface area contributed by atoms with Crippen molar-refractivity contribution in [3.63, 3.8) is 0 Å². The smallest absolute Gasteiger partial charge is 0.241 e. The Labute approximate surface area is 140 Å². The maximum Gasteiger partial charge on any atom is 0.241 e. The first-order chi connectivity index (χ1) is 11.3. The lowest BCUT2D eigenvalue weighted by atomic mass is 9.76. The summed E-state index contributed by atoms with van der Waals surface area (Å²) in [6.45, 7) is 1.63. The monoisotopic (exact) mass is 353 g/mol. The number of halogens is 1. The van der Waals surface area contributed by atoms with E-state index in [1.54, 1.807) is 31.0 Å². The van der Waals surface area contributed by atoms with Crippen molar-refractivity contribution in [2.45, 2.75) is 36.8 Å². The SMILES string of the molecule is Cc1ccc(F)cc1S(=O)(=O)NC(c1cnn(C)c1)C1CC(O)C1. The molecule has 0 aliphatic heterocycles. The standard InChI is InChI=1S/C16H20FN3O3S/c1-10-3-4-13(17)7-15(10)24(22,23)19-16(11-5-14(21)6-11)12-8-18-20(2)9-12/h3-4,7-9,11,14,16,19,21H,5-6H2,1-2H3. The Morgan fingerprint density at radius 2 is 2.12 bits per heavy atom. The molecule has 1 aliphatic carbocycles. The minimum absolute atomic E-state index is 0.0205. The highest BCUT2D eigenvalue weighted by molar-refractivity contribution is 7.89. The fraction of sp³-hybridized carbons (Fsp3) is 0.438. The average Bonchev–Trinajstić information content (AvgIpc) is 2.91. The second kappa shape index (κ2) is 6.27. The van der Waals surface area contributed by atoms with Gasteiger partial charge in [-0.25, -0.2) is 17.5 Å². The van der Waals surface area contributed by atoms with Crippen LogP contribution in [0.3, 0.4) is 0 Å². The molecule has 2 N–H and O–H groups in total. The van der Waals surface area contributed by atoms with Gasteiger partial charge in [0.05, 0.1) is 23.2 Å². The van der Waals surface area contributed by atoms with E-state index in [1.165, 1.54) is 12.1 Å². The highest BCUT2D eigenvalue weighted by Gasteiger charge is 2.38. The topological polar surface area (TPSA) is 84.2 Å². The molecule has 3 rings (SSSR count). The van der Waals surface area contributed by atoms with Crippen LogP contribution in [-0.2, 0) is 17.1 Å². The quantitative estimate of drug-likeness (QED) is 0.856. The van der Waals surface area contributed by atoms with E-state index < -0.39 is 28.0 Å². The van der Waals surface area contributed by atoms with Crippen LogP contribution in [0.1, 0.15) is 30.0 Å². The van der Waals surface area contributed by atoms with E-state index >= 15 is 0 Å². The number of hydrogen-bond donors (Lipinski definition) is 2. The number of aromatic nitrogens is 2. The summed E-state index contributed by atoms with van der Waals surface area (Å²) in [4.78, 5) is -0.0729. The number of aliphatic hydroxyl groups excluding tert-OH is 1. The first-order valence-electron chi connectivity index (χ1n) is 7.71. The summed E-state index contributed by atoms with van der Waals surface area (Å²) in [5.74, 6) is -0.620. The minimum atomic E-state index is -3.90. The number of rotatable bonds is 5. The molecule has 1 aromatic heterocycles. The molecule has 0 bridgehead atoms. The van der Waals surface area contributed by atoms with Gasteiger partial charge in [-0.05, 0) is 43.4 Å². The molecule has 6 nitrogen and oxygen atoms in total. The molecule has 1 saturated carbocycles. The second-order valence-electron chi connectivity index (χ2n) is 6.34. The van der Waals surface area contributed by atoms with E-state index in [0.717, 1.165) is 11.6 Å². The molecule has 1 fully saturated rings. The van der Waals surface area contributed by atoms with Crippen LogP contribution in [0.5, 0.6) is 0 Å². The molecule has 0 radical (unpaired) electrons. The summed E-state index contributed by atoms with van der Waals surface area (Å²) >= 11 is 0. The maximum atomic E-state index is 13.5. The molecule has 0 amide bonds. The van der Waals surface area contributed by atoms with Gasteiger partial charge < -0.3 is 5.11 Å². The third-order valence-electron chi connectivity index (χ3n) is 4.43. The Morgan fingerprint density at radius 3 is 2.71 bits per heavy atom. The zero-order chi connectivity index (χ0) is 17.5. The van der Waals surface area contributed by atoms with Gasteiger partial charge in [-0.2, -0.15) is 5.10 Å². The molecule has 1 heterocycles. The Bertz CT molecular complexity index is 844. The predicted octanol–water partition coefficient (Wildman–Crippen LogP) is 1.66. The van der Waals surface area contributed by atoms with Crippen molar-refractivity contribution in [3.05, 3.63) is 47.5 Å². The van der Waals surface area contributed by atoms with Crippen molar-refractivity contribution in [2.75, 3.05) is 0 Å². The van der Waals surface area contributed by atoms with Crippen molar-refractivity contribution in [3.8, 4) is 0 Å². The number of nitrogens with one attached hydrogen (secondary N) is 1. The number of sulfonamides is 1. The van der Waals surface area contributed by atoms with Crippen molar-refractivity contribution >= 4 is 10.0 Å². The Kier molecular flexibility index (Phi) is 4.46. The first-order valence-corrected chi connectivity index (χ1v) is 9.19. The van der Waals surface area contributed by atoms with Crippen LogP contribution in [0.25, 0.3) is 0 Å². The molecule has 0 saturated heterocycles. The number of aryl methyl sites for hydroxylation is 2. The molecule has 130 valence electrons. The van der Waals surface area contributed by atoms with E-state index in [2.05, 4.69) is 9.82 Å². The summed E-state index contributed by atoms with van der Waals surface area (Å²) in [6, 6.07) is 3.19. The molecule has 1 unspecified atom stereocenters. The number of hydrogen-bond acceptors (Lipinski definition) is 4. The third-order valence-corrected chi connectivity index (χ3v) is 6.01. The Morgan fingerprint density at radius 1 is 1.42 bits per heavy atom. The molecule has 1 aliphatic rings. The van der Waals surface area contributed by atoms with Gasteiger partial charge >= 0.3 is 0 Å². The van der Waals surface area contributed by atoms with Crippen LogP contribution in [0.2, 0.25) is 0 Å². The van der Waals surface area contributed by atoms with E-state index in [4.69, 9.17) is 0 Å². The average molecular weight is 353 g/mol. The molecule has 24 heavy (non-hydrogen) atoms. The lowest BCUT2D eigenvalue weighted by Gasteiger charge is -2.37. The minimum Gasteiger partial charge on any atom is -0.393 e. The Balaban J connectivity index is 1.93. The van der Waals surface area contributed by atoms with Crippen molar-refractivity contribution in [2.24, 2.45) is 13.0 Å². The summed E-state index contributed by atoms with van der Waals surface area (Å²) < 4.78 is 43.3. The fourth-order valence-electron chi connectivity index (χ4n) is 3.03.